The highest BCUT2D eigenvalue weighted by Crippen LogP contribution is 2.52. The Kier molecular flexibility index (Phi) is 6.56. The van der Waals surface area contributed by atoms with Crippen molar-refractivity contribution in [3.8, 4) is 0 Å². The molecule has 4 N–H and O–H groups in total. The number of ether oxygens (including phenoxy) is 1. The molecule has 2 bridgehead atoms. The molecule has 2 heterocycles. The fourth-order valence-electron chi connectivity index (χ4n) is 5.50. The molecule has 0 unspecified atom stereocenters. The number of rotatable bonds is 6. The maximum atomic E-state index is 13.5. The molecule has 11 nitrogen and oxygen atoms in total. The van der Waals surface area contributed by atoms with E-state index in [1.807, 2.05) is 33.8 Å². The number of carbonyl (C=O) groups excluding carboxylic acids is 2. The van der Waals surface area contributed by atoms with Crippen LogP contribution in [-0.2, 0) is 19.4 Å². The SMILES string of the molecule is Cc1cccc(S(=O)(=O)c2nc3[nH]ccc3nc2NNC(=O)C23CCC(NC(=O)OC(C)(C)C)(CC2)CC3)c1. The topological polar surface area (TPSA) is 155 Å². The lowest BCUT2D eigenvalue weighted by Gasteiger charge is -2.52. The van der Waals surface area contributed by atoms with E-state index in [1.165, 1.54) is 6.07 Å². The second-order valence-electron chi connectivity index (χ2n) is 11.7. The summed E-state index contributed by atoms with van der Waals surface area (Å²) in [5.41, 5.74) is 5.49. The van der Waals surface area contributed by atoms with Crippen molar-refractivity contribution in [2.75, 3.05) is 5.43 Å². The molecule has 12 heteroatoms. The first-order valence-corrected chi connectivity index (χ1v) is 14.5. The van der Waals surface area contributed by atoms with E-state index in [9.17, 15) is 18.0 Å². The predicted molar refractivity (Wildman–Crippen MR) is 145 cm³/mol. The Labute approximate surface area is 227 Å². The number of aromatic nitrogens is 3. The number of hydrogen-bond donors (Lipinski definition) is 4. The van der Waals surface area contributed by atoms with E-state index in [2.05, 4.69) is 31.1 Å². The van der Waals surface area contributed by atoms with Gasteiger partial charge in [-0.25, -0.2) is 23.2 Å². The summed E-state index contributed by atoms with van der Waals surface area (Å²) >= 11 is 0. The van der Waals surface area contributed by atoms with Gasteiger partial charge in [0.25, 0.3) is 0 Å². The highest BCUT2D eigenvalue weighted by atomic mass is 32.2. The second-order valence-corrected chi connectivity index (χ2v) is 13.5. The van der Waals surface area contributed by atoms with E-state index < -0.39 is 26.9 Å². The first-order valence-electron chi connectivity index (χ1n) is 13.1. The number of alkyl carbamates (subject to hydrolysis) is 1. The van der Waals surface area contributed by atoms with Crippen molar-refractivity contribution in [3.63, 3.8) is 0 Å². The van der Waals surface area contributed by atoms with Gasteiger partial charge in [0.15, 0.2) is 11.5 Å². The van der Waals surface area contributed by atoms with E-state index in [-0.39, 0.29) is 27.2 Å². The minimum atomic E-state index is -4.04. The smallest absolute Gasteiger partial charge is 0.408 e. The fourth-order valence-corrected chi connectivity index (χ4v) is 6.88. The number of anilines is 1. The minimum absolute atomic E-state index is 0.0547. The van der Waals surface area contributed by atoms with Crippen molar-refractivity contribution < 1.29 is 22.7 Å². The van der Waals surface area contributed by atoms with Crippen molar-refractivity contribution in [1.82, 2.24) is 25.7 Å². The van der Waals surface area contributed by atoms with Crippen molar-refractivity contribution in [3.05, 3.63) is 42.1 Å². The third-order valence-corrected chi connectivity index (χ3v) is 9.36. The zero-order chi connectivity index (χ0) is 28.1. The van der Waals surface area contributed by atoms with Gasteiger partial charge in [-0.2, -0.15) is 0 Å². The normalized spacial score (nSPS) is 22.9. The Balaban J connectivity index is 1.32. The van der Waals surface area contributed by atoms with E-state index in [1.54, 1.807) is 24.4 Å². The number of nitrogens with zero attached hydrogens (tertiary/aromatic N) is 2. The zero-order valence-corrected chi connectivity index (χ0v) is 23.4. The Morgan fingerprint density at radius 1 is 1.03 bits per heavy atom. The summed E-state index contributed by atoms with van der Waals surface area (Å²) in [6.45, 7) is 7.28. The molecule has 3 fully saturated rings. The van der Waals surface area contributed by atoms with Gasteiger partial charge in [0, 0.05) is 11.7 Å². The summed E-state index contributed by atoms with van der Waals surface area (Å²) in [6, 6.07) is 8.23. The molecule has 208 valence electrons. The van der Waals surface area contributed by atoms with E-state index in [0.29, 0.717) is 49.7 Å². The highest BCUT2D eigenvalue weighted by Gasteiger charge is 2.53. The van der Waals surface area contributed by atoms with Crippen LogP contribution in [0.4, 0.5) is 10.6 Å². The second kappa shape index (κ2) is 9.51. The Bertz CT molecular complexity index is 1520. The van der Waals surface area contributed by atoms with Crippen LogP contribution in [0.2, 0.25) is 0 Å². The van der Waals surface area contributed by atoms with Crippen LogP contribution in [0.15, 0.2) is 46.5 Å². The molecule has 0 saturated heterocycles. The van der Waals surface area contributed by atoms with Gasteiger partial charge < -0.3 is 15.0 Å². The molecule has 3 aliphatic carbocycles. The molecule has 3 saturated carbocycles. The van der Waals surface area contributed by atoms with Crippen LogP contribution in [0.25, 0.3) is 11.2 Å². The Morgan fingerprint density at radius 3 is 2.36 bits per heavy atom. The number of amides is 2. The summed E-state index contributed by atoms with van der Waals surface area (Å²) in [6.07, 6.45) is 4.92. The van der Waals surface area contributed by atoms with Gasteiger partial charge in [0.05, 0.1) is 10.3 Å². The van der Waals surface area contributed by atoms with Crippen LogP contribution in [0, 0.1) is 12.3 Å². The third kappa shape index (κ3) is 5.29. The maximum Gasteiger partial charge on any atom is 0.408 e. The number of aromatic amines is 1. The molecule has 3 aromatic rings. The van der Waals surface area contributed by atoms with Gasteiger partial charge in [-0.15, -0.1) is 0 Å². The minimum Gasteiger partial charge on any atom is -0.444 e. The van der Waals surface area contributed by atoms with Crippen LogP contribution in [0.3, 0.4) is 0 Å². The number of benzene rings is 1. The Morgan fingerprint density at radius 2 is 1.72 bits per heavy atom. The summed E-state index contributed by atoms with van der Waals surface area (Å²) in [4.78, 5) is 37.6. The molecule has 0 atom stereocenters. The monoisotopic (exact) mass is 554 g/mol. The molecule has 1 aromatic carbocycles. The van der Waals surface area contributed by atoms with Crippen LogP contribution < -0.4 is 16.2 Å². The van der Waals surface area contributed by atoms with Crippen LogP contribution in [0.1, 0.15) is 64.9 Å². The average Bonchev–Trinajstić information content (AvgIpc) is 3.34. The van der Waals surface area contributed by atoms with E-state index in [0.717, 1.165) is 5.56 Å². The van der Waals surface area contributed by atoms with Gasteiger partial charge in [-0.3, -0.25) is 15.6 Å². The van der Waals surface area contributed by atoms with Gasteiger partial charge in [0.2, 0.25) is 20.8 Å². The molecule has 0 aliphatic heterocycles. The largest absolute Gasteiger partial charge is 0.444 e. The molecule has 6 rings (SSSR count). The average molecular weight is 555 g/mol. The van der Waals surface area contributed by atoms with Crippen molar-refractivity contribution in [2.45, 2.75) is 87.3 Å². The van der Waals surface area contributed by atoms with Crippen LogP contribution >= 0.6 is 0 Å². The van der Waals surface area contributed by atoms with Crippen LogP contribution in [-0.4, -0.2) is 46.5 Å². The van der Waals surface area contributed by atoms with Crippen LogP contribution in [0.5, 0.6) is 0 Å². The molecule has 2 amide bonds. The number of aryl methyl sites for hydroxylation is 1. The number of carbonyl (C=O) groups is 2. The number of sulfone groups is 1. The molecule has 0 spiro atoms. The summed E-state index contributed by atoms with van der Waals surface area (Å²) < 4.78 is 32.5. The summed E-state index contributed by atoms with van der Waals surface area (Å²) in [5, 5.41) is 2.77. The lowest BCUT2D eigenvalue weighted by Crippen LogP contribution is -2.60. The highest BCUT2D eigenvalue weighted by molar-refractivity contribution is 7.91. The van der Waals surface area contributed by atoms with Crippen molar-refractivity contribution in [1.29, 1.82) is 0 Å². The zero-order valence-electron chi connectivity index (χ0n) is 22.6. The number of fused-ring (bicyclic) bond motifs is 4. The fraction of sp³-hybridized carbons (Fsp3) is 0.481. The molecular formula is C27H34N6O5S. The van der Waals surface area contributed by atoms with Gasteiger partial charge in [-0.05, 0) is 90.0 Å². The molecule has 0 radical (unpaired) electrons. The van der Waals surface area contributed by atoms with E-state index >= 15 is 0 Å². The lowest BCUT2D eigenvalue weighted by atomic mass is 9.57. The Hall–Kier alpha value is -3.67. The number of H-pyrrole nitrogens is 1. The van der Waals surface area contributed by atoms with Gasteiger partial charge in [0.1, 0.15) is 11.1 Å². The summed E-state index contributed by atoms with van der Waals surface area (Å²) in [7, 11) is -4.04. The van der Waals surface area contributed by atoms with Crippen molar-refractivity contribution >= 4 is 38.8 Å². The first kappa shape index (κ1) is 26.9. The standard InChI is InChI=1S/C27H34N6O5S/c1-17-6-5-7-18(16-17)39(36,37)22-21(29-19-8-15-28-20(19)30-22)32-33-23(34)26-9-12-27(13-10-26,14-11-26)31-24(35)38-25(2,3)4/h5-8,15-16H,9-14H2,1-4H3,(H,28,30)(H,29,32)(H,31,35)(H,33,34). The first-order chi connectivity index (χ1) is 18.3. The van der Waals surface area contributed by atoms with E-state index in [4.69, 9.17) is 4.74 Å². The van der Waals surface area contributed by atoms with Gasteiger partial charge in [-0.1, -0.05) is 12.1 Å². The number of hydrogen-bond acceptors (Lipinski definition) is 8. The number of nitrogens with one attached hydrogen (secondary N) is 4. The lowest BCUT2D eigenvalue weighted by molar-refractivity contribution is -0.137. The van der Waals surface area contributed by atoms with Gasteiger partial charge >= 0.3 is 6.09 Å². The van der Waals surface area contributed by atoms with Crippen molar-refractivity contribution in [2.24, 2.45) is 5.41 Å². The number of hydrazine groups is 1. The quantitative estimate of drug-likeness (QED) is 0.331. The molecular weight excluding hydrogens is 520 g/mol. The molecule has 3 aliphatic rings. The maximum absolute atomic E-state index is 13.5. The molecule has 2 aromatic heterocycles. The predicted octanol–water partition coefficient (Wildman–Crippen LogP) is 4.16. The molecule has 39 heavy (non-hydrogen) atoms. The third-order valence-electron chi connectivity index (χ3n) is 7.69. The summed E-state index contributed by atoms with van der Waals surface area (Å²) in [5.74, 6) is -0.288.